The van der Waals surface area contributed by atoms with Gasteiger partial charge in [-0.05, 0) is 24.0 Å². The van der Waals surface area contributed by atoms with Crippen LogP contribution in [0.3, 0.4) is 0 Å². The maximum absolute atomic E-state index is 13.3. The molecule has 0 bridgehead atoms. The molecule has 4 rings (SSSR count). The first-order chi connectivity index (χ1) is 14.5. The molecule has 1 saturated carbocycles. The first-order valence-corrected chi connectivity index (χ1v) is 10.4. The highest BCUT2D eigenvalue weighted by Gasteiger charge is 2.59. The van der Waals surface area contributed by atoms with Crippen LogP contribution in [0.2, 0.25) is 0 Å². The summed E-state index contributed by atoms with van der Waals surface area (Å²) in [6.45, 7) is 0.370. The lowest BCUT2D eigenvalue weighted by Gasteiger charge is -2.30. The zero-order valence-electron chi connectivity index (χ0n) is 16.8. The molecule has 156 valence electrons. The summed E-state index contributed by atoms with van der Waals surface area (Å²) in [5, 5.41) is 14.0. The molecule has 1 aliphatic heterocycles. The third-order valence-electron chi connectivity index (χ3n) is 6.22. The Morgan fingerprint density at radius 1 is 0.933 bits per heavy atom. The zero-order valence-corrected chi connectivity index (χ0v) is 16.8. The highest BCUT2D eigenvalue weighted by Crippen LogP contribution is 2.44. The first kappa shape index (κ1) is 20.3. The predicted octanol–water partition coefficient (Wildman–Crippen LogP) is 2.41. The molecule has 6 heteroatoms. The van der Waals surface area contributed by atoms with Gasteiger partial charge in [0.25, 0.3) is 0 Å². The molecule has 2 N–H and O–H groups in total. The Labute approximate surface area is 175 Å². The Bertz CT molecular complexity index is 923. The Balaban J connectivity index is 1.58. The number of carbonyl (C=O) groups is 3. The molecule has 1 aliphatic carbocycles. The molecule has 30 heavy (non-hydrogen) atoms. The largest absolute Gasteiger partial charge is 0.389 e. The van der Waals surface area contributed by atoms with E-state index in [9.17, 15) is 19.5 Å². The maximum Gasteiger partial charge on any atom is 0.243 e. The second-order valence-corrected chi connectivity index (χ2v) is 8.22. The van der Waals surface area contributed by atoms with Crippen molar-refractivity contribution in [2.24, 2.45) is 11.8 Å². The van der Waals surface area contributed by atoms with E-state index in [1.54, 1.807) is 0 Å². The molecule has 2 aliphatic rings. The first-order valence-electron chi connectivity index (χ1n) is 10.4. The van der Waals surface area contributed by atoms with Crippen molar-refractivity contribution in [3.63, 3.8) is 0 Å². The summed E-state index contributed by atoms with van der Waals surface area (Å²) in [4.78, 5) is 40.7. The van der Waals surface area contributed by atoms with Crippen molar-refractivity contribution < 1.29 is 19.5 Å². The predicted molar refractivity (Wildman–Crippen MR) is 111 cm³/mol. The van der Waals surface area contributed by atoms with Crippen molar-refractivity contribution in [2.75, 3.05) is 0 Å². The number of carbonyl (C=O) groups excluding carboxylic acids is 3. The van der Waals surface area contributed by atoms with Crippen LogP contribution in [0.4, 0.5) is 0 Å². The second kappa shape index (κ2) is 8.40. The third kappa shape index (κ3) is 3.87. The van der Waals surface area contributed by atoms with Crippen LogP contribution < -0.4 is 5.32 Å². The number of nitrogens with zero attached hydrogens (tertiary/aromatic N) is 1. The Kier molecular flexibility index (Phi) is 5.68. The van der Waals surface area contributed by atoms with Gasteiger partial charge in [0, 0.05) is 6.54 Å². The van der Waals surface area contributed by atoms with E-state index in [-0.39, 0.29) is 13.1 Å². The fourth-order valence-electron chi connectivity index (χ4n) is 4.65. The molecular weight excluding hydrogens is 380 g/mol. The van der Waals surface area contributed by atoms with E-state index in [2.05, 4.69) is 5.32 Å². The van der Waals surface area contributed by atoms with E-state index in [4.69, 9.17) is 0 Å². The Morgan fingerprint density at radius 2 is 1.50 bits per heavy atom. The van der Waals surface area contributed by atoms with Gasteiger partial charge >= 0.3 is 0 Å². The number of hydrogen-bond donors (Lipinski definition) is 2. The minimum atomic E-state index is -1.31. The lowest BCUT2D eigenvalue weighted by molar-refractivity contribution is -0.143. The fourth-order valence-corrected chi connectivity index (χ4v) is 4.65. The van der Waals surface area contributed by atoms with Crippen LogP contribution in [0.1, 0.15) is 36.8 Å². The monoisotopic (exact) mass is 406 g/mol. The van der Waals surface area contributed by atoms with Gasteiger partial charge in [-0.3, -0.25) is 19.3 Å². The van der Waals surface area contributed by atoms with E-state index in [1.165, 1.54) is 0 Å². The maximum atomic E-state index is 13.3. The van der Waals surface area contributed by atoms with Crippen LogP contribution in [0.15, 0.2) is 60.7 Å². The van der Waals surface area contributed by atoms with E-state index < -0.39 is 35.2 Å². The average Bonchev–Trinajstić information content (AvgIpc) is 3.31. The van der Waals surface area contributed by atoms with Crippen LogP contribution in [-0.2, 0) is 27.5 Å². The van der Waals surface area contributed by atoms with Gasteiger partial charge in [0.1, 0.15) is 5.92 Å². The number of nitrogens with one attached hydrogen (secondary N) is 1. The van der Waals surface area contributed by atoms with Crippen molar-refractivity contribution in [3.05, 3.63) is 71.8 Å². The average molecular weight is 406 g/mol. The summed E-state index contributed by atoms with van der Waals surface area (Å²) in [6.07, 6.45) is 2.42. The van der Waals surface area contributed by atoms with Crippen molar-refractivity contribution in [2.45, 2.75) is 44.4 Å². The summed E-state index contributed by atoms with van der Waals surface area (Å²) in [6, 6.07) is 18.6. The minimum Gasteiger partial charge on any atom is -0.389 e. The Morgan fingerprint density at radius 3 is 2.10 bits per heavy atom. The summed E-state index contributed by atoms with van der Waals surface area (Å²) in [5.41, 5.74) is 0.397. The van der Waals surface area contributed by atoms with Crippen molar-refractivity contribution in [3.8, 4) is 0 Å². The molecule has 1 saturated heterocycles. The number of amides is 3. The van der Waals surface area contributed by atoms with Gasteiger partial charge in [-0.25, -0.2) is 0 Å². The van der Waals surface area contributed by atoms with Crippen molar-refractivity contribution >= 4 is 17.7 Å². The summed E-state index contributed by atoms with van der Waals surface area (Å²) in [7, 11) is 0. The summed E-state index contributed by atoms with van der Waals surface area (Å²) < 4.78 is 0. The van der Waals surface area contributed by atoms with Gasteiger partial charge in [0.2, 0.25) is 17.7 Å². The highest BCUT2D eigenvalue weighted by atomic mass is 16.3. The fraction of sp³-hybridized carbons (Fsp3) is 0.375. The number of imide groups is 1. The Hall–Kier alpha value is -2.99. The van der Waals surface area contributed by atoms with E-state index in [0.29, 0.717) is 12.8 Å². The van der Waals surface area contributed by atoms with Gasteiger partial charge < -0.3 is 10.4 Å². The molecule has 0 unspecified atom stereocenters. The molecule has 6 nitrogen and oxygen atoms in total. The molecule has 0 radical (unpaired) electrons. The van der Waals surface area contributed by atoms with Gasteiger partial charge in [-0.15, -0.1) is 0 Å². The lowest BCUT2D eigenvalue weighted by atomic mass is 9.78. The van der Waals surface area contributed by atoms with Crippen LogP contribution in [0, 0.1) is 11.8 Å². The van der Waals surface area contributed by atoms with Crippen LogP contribution in [0.25, 0.3) is 0 Å². The SMILES string of the molecule is O=C(NCc1ccccc1)[C@H]1C(=O)N(Cc2ccccc2)C(=O)[C@H]1C1(O)CCCC1. The molecule has 2 aromatic carbocycles. The number of hydrogen-bond acceptors (Lipinski definition) is 4. The van der Waals surface area contributed by atoms with Crippen molar-refractivity contribution in [1.29, 1.82) is 0 Å². The number of benzene rings is 2. The summed E-state index contributed by atoms with van der Waals surface area (Å²) in [5.74, 6) is -3.72. The molecule has 3 amide bonds. The normalized spacial score (nSPS) is 23.0. The van der Waals surface area contributed by atoms with E-state index in [0.717, 1.165) is 28.9 Å². The smallest absolute Gasteiger partial charge is 0.243 e. The summed E-state index contributed by atoms with van der Waals surface area (Å²) >= 11 is 0. The van der Waals surface area contributed by atoms with Crippen LogP contribution in [-0.4, -0.2) is 33.3 Å². The standard InChI is InChI=1S/C24H26N2O4/c27-21(25-15-17-9-3-1-4-10-17)19-20(24(30)13-7-8-14-24)23(29)26(22(19)28)16-18-11-5-2-6-12-18/h1-6,9-12,19-20,30H,7-8,13-16H2,(H,25,27)/t19-,20-/m0/s1. The molecule has 2 aromatic rings. The van der Waals surface area contributed by atoms with E-state index in [1.807, 2.05) is 60.7 Å². The molecule has 2 fully saturated rings. The molecule has 0 aromatic heterocycles. The van der Waals surface area contributed by atoms with Gasteiger partial charge in [0.05, 0.1) is 18.1 Å². The molecule has 0 spiro atoms. The lowest BCUT2D eigenvalue weighted by Crippen LogP contribution is -2.47. The van der Waals surface area contributed by atoms with Crippen LogP contribution in [0.5, 0.6) is 0 Å². The van der Waals surface area contributed by atoms with Crippen molar-refractivity contribution in [1.82, 2.24) is 10.2 Å². The van der Waals surface area contributed by atoms with E-state index >= 15 is 0 Å². The quantitative estimate of drug-likeness (QED) is 0.570. The van der Waals surface area contributed by atoms with Gasteiger partial charge in [-0.2, -0.15) is 0 Å². The third-order valence-corrected chi connectivity index (χ3v) is 6.22. The van der Waals surface area contributed by atoms with Crippen LogP contribution >= 0.6 is 0 Å². The topological polar surface area (TPSA) is 86.7 Å². The number of likely N-dealkylation sites (tertiary alicyclic amines) is 1. The number of aliphatic hydroxyl groups is 1. The zero-order chi connectivity index (χ0) is 21.1. The molecule has 1 heterocycles. The minimum absolute atomic E-state index is 0.105. The molecule has 2 atom stereocenters. The van der Waals surface area contributed by atoms with Gasteiger partial charge in [-0.1, -0.05) is 73.5 Å². The highest BCUT2D eigenvalue weighted by molar-refractivity contribution is 6.15. The molecular formula is C24H26N2O4. The van der Waals surface area contributed by atoms with Gasteiger partial charge in [0.15, 0.2) is 0 Å². The second-order valence-electron chi connectivity index (χ2n) is 8.22. The number of rotatable bonds is 6.